The summed E-state index contributed by atoms with van der Waals surface area (Å²) in [5, 5.41) is 3.83. The minimum atomic E-state index is 1.12. The number of nitrogens with zero attached hydrogens (tertiary/aromatic N) is 3. The molecule has 0 bridgehead atoms. The molecule has 0 aliphatic heterocycles. The van der Waals surface area contributed by atoms with E-state index in [4.69, 9.17) is 0 Å². The van der Waals surface area contributed by atoms with Crippen LogP contribution in [-0.4, -0.2) is 13.7 Å². The summed E-state index contributed by atoms with van der Waals surface area (Å²) in [6.07, 6.45) is 6.56. The normalized spacial score (nSPS) is 11.8. The van der Waals surface area contributed by atoms with Gasteiger partial charge in [0, 0.05) is 49.8 Å². The summed E-state index contributed by atoms with van der Waals surface area (Å²) in [7, 11) is 0. The maximum Gasteiger partial charge on any atom is 0.0628 e. The highest BCUT2D eigenvalue weighted by Gasteiger charge is 2.17. The van der Waals surface area contributed by atoms with Crippen molar-refractivity contribution in [3.63, 3.8) is 0 Å². The molecule has 4 aromatic carbocycles. The first-order valence-electron chi connectivity index (χ1n) is 15.9. The van der Waals surface area contributed by atoms with E-state index in [1.54, 1.807) is 0 Å². The van der Waals surface area contributed by atoms with E-state index in [-0.39, 0.29) is 0 Å². The van der Waals surface area contributed by atoms with Crippen LogP contribution in [0.1, 0.15) is 0 Å². The molecule has 0 radical (unpaired) electrons. The Kier molecular flexibility index (Phi) is 6.40. The Balaban J connectivity index is 1.17. The number of hydrogen-bond donors (Lipinski definition) is 0. The van der Waals surface area contributed by atoms with Crippen LogP contribution in [0.15, 0.2) is 164 Å². The molecule has 0 amide bonds. The quantitative estimate of drug-likeness (QED) is 0.167. The lowest BCUT2D eigenvalue weighted by molar-refractivity contribution is 1.02. The van der Waals surface area contributed by atoms with Gasteiger partial charge < -0.3 is 13.7 Å². The molecule has 0 saturated carbocycles. The molecular formula is C42H27N3S3. The molecule has 0 fully saturated rings. The largest absolute Gasteiger partial charge is 0.316 e. The van der Waals surface area contributed by atoms with Gasteiger partial charge in [-0.15, -0.1) is 34.0 Å². The zero-order chi connectivity index (χ0) is 31.6. The molecule has 0 atom stereocenters. The summed E-state index contributed by atoms with van der Waals surface area (Å²) in [4.78, 5) is 3.77. The molecule has 48 heavy (non-hydrogen) atoms. The van der Waals surface area contributed by atoms with Crippen LogP contribution in [0.4, 0.5) is 0 Å². The Hall–Kier alpha value is -5.40. The van der Waals surface area contributed by atoms with E-state index < -0.39 is 0 Å². The van der Waals surface area contributed by atoms with Crippen molar-refractivity contribution in [1.29, 1.82) is 0 Å². The van der Waals surface area contributed by atoms with Gasteiger partial charge in [0.05, 0.1) is 31.7 Å². The van der Waals surface area contributed by atoms with Crippen LogP contribution < -0.4 is 0 Å². The highest BCUT2D eigenvalue weighted by atomic mass is 32.1. The van der Waals surface area contributed by atoms with Gasteiger partial charge in [-0.3, -0.25) is 0 Å². The third kappa shape index (κ3) is 4.60. The number of rotatable bonds is 6. The number of fused-ring (bicyclic) bond motifs is 3. The average Bonchev–Trinajstić information content (AvgIpc) is 3.97. The van der Waals surface area contributed by atoms with Crippen molar-refractivity contribution >= 4 is 64.3 Å². The number of thiophene rings is 3. The van der Waals surface area contributed by atoms with Gasteiger partial charge in [0.2, 0.25) is 0 Å². The molecule has 0 unspecified atom stereocenters. The monoisotopic (exact) mass is 669 g/mol. The van der Waals surface area contributed by atoms with Gasteiger partial charge in [-0.05, 0) is 107 Å². The Morgan fingerprint density at radius 1 is 0.312 bits per heavy atom. The van der Waals surface area contributed by atoms with Crippen molar-refractivity contribution in [3.8, 4) is 48.8 Å². The first-order valence-corrected chi connectivity index (χ1v) is 18.4. The highest BCUT2D eigenvalue weighted by Crippen LogP contribution is 2.39. The predicted molar refractivity (Wildman–Crippen MR) is 207 cm³/mol. The Morgan fingerprint density at radius 3 is 0.938 bits per heavy atom. The molecular weight excluding hydrogens is 643 g/mol. The minimum Gasteiger partial charge on any atom is -0.316 e. The smallest absolute Gasteiger partial charge is 0.0628 e. The van der Waals surface area contributed by atoms with Crippen LogP contribution in [0.25, 0.3) is 79.0 Å². The van der Waals surface area contributed by atoms with Crippen LogP contribution in [0.5, 0.6) is 0 Å². The summed E-state index contributed by atoms with van der Waals surface area (Å²) in [5.41, 5.74) is 6.92. The number of hydrogen-bond acceptors (Lipinski definition) is 3. The first kappa shape index (κ1) is 27.7. The van der Waals surface area contributed by atoms with Crippen LogP contribution in [0, 0.1) is 0 Å². The molecule has 0 N–H and O–H groups in total. The third-order valence-electron chi connectivity index (χ3n) is 9.00. The second-order valence-corrected chi connectivity index (χ2v) is 15.2. The summed E-state index contributed by atoms with van der Waals surface area (Å²) in [6, 6.07) is 53.0. The average molecular weight is 670 g/mol. The molecule has 10 rings (SSSR count). The summed E-state index contributed by atoms with van der Waals surface area (Å²) in [5.74, 6) is 0. The summed E-state index contributed by atoms with van der Waals surface area (Å²) in [6.45, 7) is 0. The van der Waals surface area contributed by atoms with Gasteiger partial charge in [0.15, 0.2) is 0 Å². The molecule has 0 saturated heterocycles. The first-order chi connectivity index (χ1) is 23.7. The zero-order valence-electron chi connectivity index (χ0n) is 25.7. The lowest BCUT2D eigenvalue weighted by Gasteiger charge is -2.17. The van der Waals surface area contributed by atoms with Crippen LogP contribution in [-0.2, 0) is 0 Å². The molecule has 6 heteroatoms. The van der Waals surface area contributed by atoms with E-state index >= 15 is 0 Å². The second kappa shape index (κ2) is 11.1. The molecule has 10 aromatic rings. The van der Waals surface area contributed by atoms with Gasteiger partial charge in [-0.25, -0.2) is 0 Å². The summed E-state index contributed by atoms with van der Waals surface area (Å²) >= 11 is 5.53. The Bertz CT molecular complexity index is 2350. The zero-order valence-corrected chi connectivity index (χ0v) is 28.1. The van der Waals surface area contributed by atoms with E-state index in [0.29, 0.717) is 0 Å². The van der Waals surface area contributed by atoms with Gasteiger partial charge in [0.1, 0.15) is 0 Å². The number of benzene rings is 4. The van der Waals surface area contributed by atoms with E-state index in [1.165, 1.54) is 62.0 Å². The van der Waals surface area contributed by atoms with Crippen molar-refractivity contribution in [2.45, 2.75) is 0 Å². The lowest BCUT2D eigenvalue weighted by atomic mass is 10.2. The van der Waals surface area contributed by atoms with Crippen molar-refractivity contribution in [2.24, 2.45) is 0 Å². The van der Waals surface area contributed by atoms with E-state index in [9.17, 15) is 0 Å². The fourth-order valence-corrected chi connectivity index (χ4v) is 10.00. The van der Waals surface area contributed by atoms with Gasteiger partial charge in [0.25, 0.3) is 0 Å². The fourth-order valence-electron chi connectivity index (χ4n) is 6.74. The Morgan fingerprint density at radius 2 is 0.625 bits per heavy atom. The molecule has 0 aliphatic rings. The van der Waals surface area contributed by atoms with E-state index in [1.807, 2.05) is 34.0 Å². The van der Waals surface area contributed by atoms with Gasteiger partial charge >= 0.3 is 0 Å². The van der Waals surface area contributed by atoms with Gasteiger partial charge in [-0.1, -0.05) is 54.6 Å². The maximum atomic E-state index is 2.34. The topological polar surface area (TPSA) is 14.8 Å². The van der Waals surface area contributed by atoms with Crippen LogP contribution in [0.2, 0.25) is 0 Å². The van der Waals surface area contributed by atoms with Crippen molar-refractivity contribution in [1.82, 2.24) is 13.7 Å². The standard InChI is InChI=1S/C42H27N3S3/c1-4-16-37-28(10-1)22-40(46-37)34-13-7-19-43(34)31-25-32(44-20-8-14-35(44)41-23-29-11-2-5-17-38(29)47-41)27-33(26-31)45-21-9-15-36(45)42-24-30-12-3-6-18-39(30)48-42/h1-27H. The number of aromatic nitrogens is 3. The second-order valence-electron chi connectivity index (χ2n) is 11.9. The molecule has 6 heterocycles. The van der Waals surface area contributed by atoms with E-state index in [2.05, 4.69) is 178 Å². The molecule has 228 valence electrons. The van der Waals surface area contributed by atoms with Gasteiger partial charge in [-0.2, -0.15) is 0 Å². The van der Waals surface area contributed by atoms with Crippen molar-refractivity contribution in [3.05, 3.63) is 164 Å². The Labute approximate surface area is 289 Å². The van der Waals surface area contributed by atoms with Crippen molar-refractivity contribution < 1.29 is 0 Å². The molecule has 0 spiro atoms. The molecule has 6 aromatic heterocycles. The highest BCUT2D eigenvalue weighted by molar-refractivity contribution is 7.23. The minimum absolute atomic E-state index is 1.12. The van der Waals surface area contributed by atoms with Crippen molar-refractivity contribution in [2.75, 3.05) is 0 Å². The fraction of sp³-hybridized carbons (Fsp3) is 0. The third-order valence-corrected chi connectivity index (χ3v) is 12.4. The SMILES string of the molecule is c1ccc2sc(-c3cccn3-c3cc(-n4cccc4-c4cc5ccccc5s4)cc(-n4cccc4-c4cc5ccccc5s4)c3)cc2c1. The van der Waals surface area contributed by atoms with E-state index in [0.717, 1.165) is 17.1 Å². The van der Waals surface area contributed by atoms with Crippen LogP contribution in [0.3, 0.4) is 0 Å². The molecule has 3 nitrogen and oxygen atoms in total. The summed E-state index contributed by atoms with van der Waals surface area (Å²) < 4.78 is 10.9. The molecule has 0 aliphatic carbocycles. The van der Waals surface area contributed by atoms with Crippen LogP contribution >= 0.6 is 34.0 Å². The maximum absolute atomic E-state index is 2.34. The predicted octanol–water partition coefficient (Wildman–Crippen LogP) is 12.7. The lowest BCUT2D eigenvalue weighted by Crippen LogP contribution is -2.03.